The van der Waals surface area contributed by atoms with Crippen LogP contribution >= 0.6 is 0 Å². The second-order valence-corrected chi connectivity index (χ2v) is 11.4. The number of ether oxygens (including phenoxy) is 4. The number of esters is 1. The SMILES string of the molecule is C=C1CC(C)C[C@@H]2CC=CC(C/C=C\C(=O)OC(C(O)/C=C/C3CC(C)CCO3)C[C@@H]3OC3[C@@H](O)C1)O2. The summed E-state index contributed by atoms with van der Waals surface area (Å²) in [6.45, 7) is 9.29. The first-order chi connectivity index (χ1) is 17.8. The van der Waals surface area contributed by atoms with Gasteiger partial charge in [0.15, 0.2) is 0 Å². The van der Waals surface area contributed by atoms with Crippen molar-refractivity contribution in [1.29, 1.82) is 0 Å². The third kappa shape index (κ3) is 8.89. The van der Waals surface area contributed by atoms with Crippen LogP contribution in [0.3, 0.4) is 0 Å². The van der Waals surface area contributed by atoms with Crippen molar-refractivity contribution in [2.45, 2.75) is 114 Å². The highest BCUT2D eigenvalue weighted by atomic mass is 16.6. The minimum Gasteiger partial charge on any atom is -0.456 e. The van der Waals surface area contributed by atoms with Crippen molar-refractivity contribution in [2.75, 3.05) is 6.61 Å². The molecule has 37 heavy (non-hydrogen) atoms. The molecule has 2 N–H and O–H groups in total. The molecular formula is C30H44O7. The topological polar surface area (TPSA) is 97.8 Å². The van der Waals surface area contributed by atoms with Crippen molar-refractivity contribution >= 4 is 5.97 Å². The highest BCUT2D eigenvalue weighted by Gasteiger charge is 2.46. The van der Waals surface area contributed by atoms with E-state index >= 15 is 0 Å². The number of hydrogen-bond donors (Lipinski definition) is 2. The first-order valence-corrected chi connectivity index (χ1v) is 13.9. The number of rotatable bonds is 3. The lowest BCUT2D eigenvalue weighted by Crippen LogP contribution is -2.33. The number of carbonyl (C=O) groups is 1. The highest BCUT2D eigenvalue weighted by molar-refractivity contribution is 5.82. The normalized spacial score (nSPS) is 41.8. The van der Waals surface area contributed by atoms with Gasteiger partial charge in [-0.1, -0.05) is 56.4 Å². The van der Waals surface area contributed by atoms with Crippen molar-refractivity contribution < 1.29 is 34.0 Å². The summed E-state index contributed by atoms with van der Waals surface area (Å²) in [5, 5.41) is 21.7. The van der Waals surface area contributed by atoms with Crippen LogP contribution in [0.5, 0.6) is 0 Å². The van der Waals surface area contributed by atoms with Crippen molar-refractivity contribution in [3.8, 4) is 0 Å². The van der Waals surface area contributed by atoms with E-state index in [-0.39, 0.29) is 30.5 Å². The second kappa shape index (κ2) is 13.3. The fraction of sp³-hybridized carbons (Fsp3) is 0.700. The summed E-state index contributed by atoms with van der Waals surface area (Å²) in [6.07, 6.45) is 13.7. The Bertz CT molecular complexity index is 864. The van der Waals surface area contributed by atoms with Crippen LogP contribution in [0.1, 0.15) is 65.2 Å². The zero-order valence-corrected chi connectivity index (χ0v) is 22.2. The van der Waals surface area contributed by atoms with Crippen LogP contribution in [-0.4, -0.2) is 71.6 Å². The smallest absolute Gasteiger partial charge is 0.330 e. The number of aliphatic hydroxyl groups is 2. The van der Waals surface area contributed by atoms with E-state index in [4.69, 9.17) is 18.9 Å². The molecule has 4 aliphatic rings. The summed E-state index contributed by atoms with van der Waals surface area (Å²) in [7, 11) is 0. The van der Waals surface area contributed by atoms with Gasteiger partial charge >= 0.3 is 5.97 Å². The van der Waals surface area contributed by atoms with E-state index in [9.17, 15) is 15.0 Å². The average Bonchev–Trinajstić information content (AvgIpc) is 3.61. The van der Waals surface area contributed by atoms with E-state index in [2.05, 4.69) is 26.5 Å². The monoisotopic (exact) mass is 516 g/mol. The lowest BCUT2D eigenvalue weighted by molar-refractivity contribution is -0.148. The van der Waals surface area contributed by atoms with Gasteiger partial charge in [-0.25, -0.2) is 4.79 Å². The summed E-state index contributed by atoms with van der Waals surface area (Å²) in [6, 6.07) is 0. The molecule has 2 bridgehead atoms. The average molecular weight is 517 g/mol. The fourth-order valence-electron chi connectivity index (χ4n) is 5.69. The van der Waals surface area contributed by atoms with Crippen LogP contribution in [0.15, 0.2) is 48.6 Å². The second-order valence-electron chi connectivity index (χ2n) is 11.4. The molecular weight excluding hydrogens is 472 g/mol. The van der Waals surface area contributed by atoms with Gasteiger partial charge in [-0.15, -0.1) is 0 Å². The van der Waals surface area contributed by atoms with Crippen LogP contribution in [0.25, 0.3) is 0 Å². The van der Waals surface area contributed by atoms with Gasteiger partial charge in [0, 0.05) is 19.1 Å². The van der Waals surface area contributed by atoms with Crippen LogP contribution in [0.2, 0.25) is 0 Å². The van der Waals surface area contributed by atoms with Crippen molar-refractivity contribution in [3.63, 3.8) is 0 Å². The maximum atomic E-state index is 12.7. The van der Waals surface area contributed by atoms with E-state index in [0.29, 0.717) is 37.7 Å². The third-order valence-corrected chi connectivity index (χ3v) is 7.75. The number of fused-ring (bicyclic) bond motifs is 3. The summed E-state index contributed by atoms with van der Waals surface area (Å²) in [5.74, 6) is 0.439. The van der Waals surface area contributed by atoms with E-state index in [1.165, 1.54) is 6.08 Å². The number of cyclic esters (lactones) is 1. The molecule has 4 heterocycles. The first-order valence-electron chi connectivity index (χ1n) is 13.9. The van der Waals surface area contributed by atoms with Gasteiger partial charge in [0.05, 0.1) is 30.5 Å². The van der Waals surface area contributed by atoms with Gasteiger partial charge in [0.1, 0.15) is 18.3 Å². The zero-order valence-electron chi connectivity index (χ0n) is 22.2. The number of hydrogen-bond acceptors (Lipinski definition) is 7. The van der Waals surface area contributed by atoms with Crippen molar-refractivity contribution in [1.82, 2.24) is 0 Å². The Morgan fingerprint density at radius 2 is 1.92 bits per heavy atom. The Morgan fingerprint density at radius 3 is 2.73 bits per heavy atom. The molecule has 7 nitrogen and oxygen atoms in total. The van der Waals surface area contributed by atoms with Crippen molar-refractivity contribution in [3.05, 3.63) is 48.6 Å². The molecule has 2 fully saturated rings. The largest absolute Gasteiger partial charge is 0.456 e. The minimum absolute atomic E-state index is 0.0549. The molecule has 0 saturated carbocycles. The summed E-state index contributed by atoms with van der Waals surface area (Å²) >= 11 is 0. The Morgan fingerprint density at radius 1 is 1.08 bits per heavy atom. The lowest BCUT2D eigenvalue weighted by Gasteiger charge is -2.28. The molecule has 7 heteroatoms. The third-order valence-electron chi connectivity index (χ3n) is 7.75. The standard InChI is InChI=1S/C30H44O7/c1-19-12-13-34-23(15-19)10-11-25(31)27-18-28-30(37-28)26(32)17-21(3)14-20(2)16-24-8-4-6-22(35-24)7-5-9-29(33)36-27/h4-6,9-11,19-20,22-28,30-32H,3,7-8,12-18H2,1-2H3/b9-5-,11-10+/t19?,20?,22?,23?,24-,25?,26-,27?,28-,30?/m0/s1. The Kier molecular flexibility index (Phi) is 10.2. The number of aliphatic hydroxyl groups excluding tert-OH is 2. The summed E-state index contributed by atoms with van der Waals surface area (Å²) in [5.41, 5.74) is 0.994. The Labute approximate surface area is 221 Å². The number of carbonyl (C=O) groups excluding carboxylic acids is 1. The maximum absolute atomic E-state index is 12.7. The van der Waals surface area contributed by atoms with Crippen molar-refractivity contribution in [2.24, 2.45) is 11.8 Å². The summed E-state index contributed by atoms with van der Waals surface area (Å²) in [4.78, 5) is 12.7. The molecule has 4 rings (SSSR count). The molecule has 0 spiro atoms. The predicted octanol–water partition coefficient (Wildman–Crippen LogP) is 4.19. The van der Waals surface area contributed by atoms with E-state index in [0.717, 1.165) is 37.7 Å². The molecule has 0 aromatic carbocycles. The molecule has 0 amide bonds. The summed E-state index contributed by atoms with van der Waals surface area (Å²) < 4.78 is 23.4. The molecule has 0 aromatic rings. The lowest BCUT2D eigenvalue weighted by atomic mass is 9.91. The minimum atomic E-state index is -1.01. The maximum Gasteiger partial charge on any atom is 0.330 e. The molecule has 0 aromatic heterocycles. The molecule has 10 atom stereocenters. The van der Waals surface area contributed by atoms with Crippen LogP contribution in [0.4, 0.5) is 0 Å². The zero-order chi connectivity index (χ0) is 26.4. The number of epoxide rings is 1. The molecule has 0 radical (unpaired) electrons. The van der Waals surface area contributed by atoms with Gasteiger partial charge in [0.25, 0.3) is 0 Å². The Hall–Kier alpha value is -1.77. The van der Waals surface area contributed by atoms with Gasteiger partial charge in [-0.2, -0.15) is 0 Å². The Balaban J connectivity index is 1.44. The predicted molar refractivity (Wildman–Crippen MR) is 141 cm³/mol. The van der Waals surface area contributed by atoms with Gasteiger partial charge in [-0.05, 0) is 56.8 Å². The molecule has 2 saturated heterocycles. The molecule has 4 aliphatic heterocycles. The van der Waals surface area contributed by atoms with Gasteiger partial charge in [0.2, 0.25) is 0 Å². The van der Waals surface area contributed by atoms with Crippen LogP contribution < -0.4 is 0 Å². The molecule has 206 valence electrons. The van der Waals surface area contributed by atoms with Gasteiger partial charge < -0.3 is 29.2 Å². The van der Waals surface area contributed by atoms with E-state index in [1.807, 2.05) is 12.2 Å². The quantitative estimate of drug-likeness (QED) is 0.330. The van der Waals surface area contributed by atoms with E-state index in [1.54, 1.807) is 12.2 Å². The first kappa shape index (κ1) is 28.2. The van der Waals surface area contributed by atoms with Crippen LogP contribution in [0, 0.1) is 11.8 Å². The van der Waals surface area contributed by atoms with Gasteiger partial charge in [-0.3, -0.25) is 0 Å². The molecule has 7 unspecified atom stereocenters. The fourth-order valence-corrected chi connectivity index (χ4v) is 5.69. The highest BCUT2D eigenvalue weighted by Crippen LogP contribution is 2.35. The molecule has 0 aliphatic carbocycles. The van der Waals surface area contributed by atoms with E-state index < -0.39 is 24.3 Å². The van der Waals surface area contributed by atoms with Crippen LogP contribution in [-0.2, 0) is 23.7 Å².